The molecule has 812 valence electrons. The quantitative estimate of drug-likeness (QED) is 0.00703. The van der Waals surface area contributed by atoms with E-state index in [1.165, 1.54) is 97.8 Å². The van der Waals surface area contributed by atoms with Crippen LogP contribution in [0.25, 0.3) is 0 Å². The van der Waals surface area contributed by atoms with E-state index in [2.05, 4.69) is 67.4 Å². The van der Waals surface area contributed by atoms with Crippen LogP contribution in [0.1, 0.15) is 208 Å². The molecule has 5 aliphatic carbocycles. The number of halogens is 2. The number of hydrogen-bond acceptors (Lipinski definition) is 40. The lowest BCUT2D eigenvalue weighted by Gasteiger charge is -2.26. The number of unbranched alkanes of at least 4 members (excludes halogenated alkanes) is 3. The fraction of sp³-hybridized carbons (Fsp3) is 0.476. The van der Waals surface area contributed by atoms with E-state index in [1.54, 1.807) is 0 Å². The second kappa shape index (κ2) is 68.9. The molecule has 4 aromatic rings. The van der Waals surface area contributed by atoms with E-state index in [1.807, 2.05) is 0 Å². The number of rotatable bonds is 54. The van der Waals surface area contributed by atoms with Crippen LogP contribution in [0.4, 0.5) is 0 Å². The smallest absolute Gasteiger partial charge is 0.342 e. The summed E-state index contributed by atoms with van der Waals surface area (Å²) in [6.45, 7) is 24.6. The topological polar surface area (TPSA) is 553 Å². The Bertz CT molecular complexity index is 4960. The van der Waals surface area contributed by atoms with Crippen molar-refractivity contribution >= 4 is 132 Å². The number of benzene rings is 4. The summed E-state index contributed by atoms with van der Waals surface area (Å²) in [5.74, 6) is -15.9. The summed E-state index contributed by atoms with van der Waals surface area (Å²) >= 11 is 0. The molecule has 9 rings (SSSR count). The summed E-state index contributed by atoms with van der Waals surface area (Å²) in [5, 5.41) is 28.9. The average molecular weight is 2150 g/mol. The Morgan fingerprint density at radius 2 is 0.456 bits per heavy atom. The molecule has 0 aliphatic heterocycles. The lowest BCUT2D eigenvalue weighted by molar-refractivity contribution is -0.153. The highest BCUT2D eigenvalue weighted by atomic mass is 36.0. The maximum atomic E-state index is 13.5. The Labute approximate surface area is 872 Å². The van der Waals surface area contributed by atoms with Crippen LogP contribution < -0.4 is 28.4 Å². The van der Waals surface area contributed by atoms with Crippen molar-refractivity contribution in [3.05, 3.63) is 184 Å². The first kappa shape index (κ1) is 123. The van der Waals surface area contributed by atoms with Gasteiger partial charge in [-0.2, -0.15) is 0 Å². The summed E-state index contributed by atoms with van der Waals surface area (Å²) < 4.78 is 114. The first-order valence-electron chi connectivity index (χ1n) is 48.3. The molecule has 0 saturated heterocycles. The zero-order valence-corrected chi connectivity index (χ0v) is 84.8. The molecule has 0 radical (unpaired) electrons. The van der Waals surface area contributed by atoms with Gasteiger partial charge in [0.05, 0.1) is 124 Å². The van der Waals surface area contributed by atoms with E-state index in [0.717, 1.165) is 18.2 Å². The van der Waals surface area contributed by atoms with Crippen molar-refractivity contribution in [2.75, 3.05) is 92.5 Å². The van der Waals surface area contributed by atoms with Gasteiger partial charge >= 0.3 is 101 Å². The molecule has 5 aliphatic rings. The van der Waals surface area contributed by atoms with Gasteiger partial charge in [0.2, 0.25) is 9.23 Å². The number of aliphatic carboxylic acids is 1. The van der Waals surface area contributed by atoms with Crippen molar-refractivity contribution < 1.29 is 196 Å². The van der Waals surface area contributed by atoms with E-state index in [0.29, 0.717) is 148 Å². The molecule has 0 amide bonds. The number of phenols is 2. The monoisotopic (exact) mass is 2140 g/mol. The van der Waals surface area contributed by atoms with Crippen LogP contribution in [0.5, 0.6) is 46.0 Å². The zero-order chi connectivity index (χ0) is 109. The van der Waals surface area contributed by atoms with Crippen molar-refractivity contribution in [1.82, 2.24) is 0 Å². The predicted octanol–water partition coefficient (Wildman–Crippen LogP) is 15.2. The highest BCUT2D eigenvalue weighted by Crippen LogP contribution is 2.40. The van der Waals surface area contributed by atoms with Gasteiger partial charge in [-0.15, -0.1) is 0 Å². The second-order valence-corrected chi connectivity index (χ2v) is 36.4. The summed E-state index contributed by atoms with van der Waals surface area (Å²) in [5.41, 5.74) is -0.727. The number of phenolic OH excluding ortho intramolecular Hbond substituents is 2. The Balaban J connectivity index is 0.000000414. The molecular weight excluding hydrogens is 2020 g/mol. The lowest BCUT2D eigenvalue weighted by atomic mass is 9.82. The minimum atomic E-state index is -1.67. The van der Waals surface area contributed by atoms with Crippen LogP contribution >= 0.6 is 21.4 Å². The summed E-state index contributed by atoms with van der Waals surface area (Å²) in [7, 11) is 7.36. The van der Waals surface area contributed by atoms with Gasteiger partial charge < -0.3 is 110 Å². The first-order chi connectivity index (χ1) is 71.6. The number of esters is 16. The van der Waals surface area contributed by atoms with Crippen LogP contribution in [-0.4, -0.2) is 214 Å². The van der Waals surface area contributed by atoms with Gasteiger partial charge in [0.15, 0.2) is 0 Å². The third-order valence-corrected chi connectivity index (χ3v) is 23.8. The van der Waals surface area contributed by atoms with E-state index in [9.17, 15) is 91.7 Å². The predicted molar refractivity (Wildman–Crippen MR) is 527 cm³/mol. The van der Waals surface area contributed by atoms with E-state index in [-0.39, 0.29) is 210 Å². The highest BCUT2D eigenvalue weighted by molar-refractivity contribution is 8.26. The van der Waals surface area contributed by atoms with Crippen molar-refractivity contribution in [3.8, 4) is 46.0 Å². The molecule has 5 saturated carbocycles. The van der Waals surface area contributed by atoms with Crippen LogP contribution in [0.2, 0.25) is 0 Å². The summed E-state index contributed by atoms with van der Waals surface area (Å²) in [6, 6.07) is 15.4. The van der Waals surface area contributed by atoms with Gasteiger partial charge in [-0.1, -0.05) is 46.1 Å². The van der Waals surface area contributed by atoms with E-state index < -0.39 is 140 Å². The number of aromatic hydroxyl groups is 2. The molecule has 0 spiro atoms. The molecule has 41 nitrogen and oxygen atoms in total. The van der Waals surface area contributed by atoms with Gasteiger partial charge in [0.1, 0.15) is 121 Å². The van der Waals surface area contributed by atoms with Crippen molar-refractivity contribution in [1.29, 1.82) is 0 Å². The SMILES string of the molecule is C=CC(=O)OCCCCOC(=O)C1CCC(C(=O)O)CC1.C=COCCOC(=O)c1cc(OC(=O)C2CCC(C(=O)Oc3ccc(O)c(C(=O)OCCOC=C)c3)CC2)ccc1O.C=COCCOC(=O)c1cc(OC(=O)C2CCC(C(=O)Oc3ccc(OC(=O)C4CCC(C(=O)OCCCCOC(=O)C=C)CC4)c(C(=O)OCCOC=C)c3)CC2)ccc1OC(=O)C1CCC(C(=O)OCCCCOC(=O)C=C)CC1.O=S(Cl)Cl. The Kier molecular flexibility index (Phi) is 57.0. The van der Waals surface area contributed by atoms with E-state index >= 15 is 0 Å². The fourth-order valence-electron chi connectivity index (χ4n) is 15.7. The number of carboxylic acid groups (broad SMARTS) is 1. The standard InChI is InChI=1S/C60H72O22.C30H32O12.C15H22O6.Cl2OS/c1-5-51(61)73-29-9-11-31-75-53(63)39-13-17-43(18-14-39)57(67)81-49-27-25-45(37-47(49)59(69)77-35-33-71-7-3)79-55(65)41-21-23-42(24-22-41)56(66)80-46-26-28-50(48(38-46)60(70)78-36-34-72-8-4)82-58(68)44-19-15-40(16-20-44)54(64)76-32-12-10-30-74-52(62)6-2;1-3-37-13-15-39-29(35)23-17-21(9-11-25(23)31)41-27(33)19-5-7-20(8-6-19)28(34)42-22-10-12-26(32)24(18-22)30(36)40-16-14-38-4-2;1-2-13(16)20-9-3-4-10-21-15(19)12-7-5-11(6-8-12)14(17)18;1-4(2)3/h5-8,25-28,37-44H,1-4,9-24,29-36H2;3-4,9-12,17-20,31-32H,1-2,5-8,13-16H2;2,11-12H,1,3-10H2,(H,17,18);. The number of carbonyl (C=O) groups excluding carboxylic acids is 16. The molecule has 3 N–H and O–H groups in total. The van der Waals surface area contributed by atoms with Gasteiger partial charge in [0.25, 0.3) is 0 Å². The molecule has 0 aromatic heterocycles. The van der Waals surface area contributed by atoms with Gasteiger partial charge in [-0.3, -0.25) is 47.9 Å². The van der Waals surface area contributed by atoms with Crippen LogP contribution in [0.15, 0.2) is 162 Å². The molecule has 0 bridgehead atoms. The molecule has 149 heavy (non-hydrogen) atoms. The van der Waals surface area contributed by atoms with Crippen LogP contribution in [-0.2, 0) is 138 Å². The van der Waals surface area contributed by atoms with E-state index in [4.69, 9.17) is 104 Å². The van der Waals surface area contributed by atoms with Crippen molar-refractivity contribution in [3.63, 3.8) is 0 Å². The Morgan fingerprint density at radius 3 is 0.678 bits per heavy atom. The first-order valence-corrected chi connectivity index (χ1v) is 51.1. The maximum Gasteiger partial charge on any atom is 0.342 e. The average Bonchev–Trinajstić information content (AvgIpc) is 0.820. The van der Waals surface area contributed by atoms with Crippen molar-refractivity contribution in [2.45, 2.75) is 167 Å². The lowest BCUT2D eigenvalue weighted by Crippen LogP contribution is -2.30. The molecule has 0 heterocycles. The fourth-order valence-corrected chi connectivity index (χ4v) is 15.7. The third kappa shape index (κ3) is 45.9. The van der Waals surface area contributed by atoms with Crippen molar-refractivity contribution in [2.24, 2.45) is 59.2 Å². The number of carboxylic acids is 1. The van der Waals surface area contributed by atoms with Crippen LogP contribution in [0.3, 0.4) is 0 Å². The molecule has 4 aromatic carbocycles. The largest absolute Gasteiger partial charge is 0.507 e. The number of hydrogen-bond donors (Lipinski definition) is 3. The Hall–Kier alpha value is -14.4. The third-order valence-electron chi connectivity index (χ3n) is 23.8. The van der Waals surface area contributed by atoms with Gasteiger partial charge in [-0.25, -0.2) is 37.8 Å². The Morgan fingerprint density at radius 1 is 0.262 bits per heavy atom. The highest BCUT2D eigenvalue weighted by Gasteiger charge is 2.39. The molecule has 44 heteroatoms. The second-order valence-electron chi connectivity index (χ2n) is 33.9. The molecule has 5 fully saturated rings. The van der Waals surface area contributed by atoms with Gasteiger partial charge in [0, 0.05) is 39.6 Å². The molecule has 0 unspecified atom stereocenters. The molecule has 0 atom stereocenters. The number of ether oxygens (including phenoxy) is 20. The summed E-state index contributed by atoms with van der Waals surface area (Å²) in [4.78, 5) is 212. The summed E-state index contributed by atoms with van der Waals surface area (Å²) in [6.07, 6.45) is 18.7. The maximum absolute atomic E-state index is 13.5. The number of carbonyl (C=O) groups is 17. The molecular formula is C105H126Cl2O41S. The van der Waals surface area contributed by atoms with Gasteiger partial charge in [-0.05, 0) is 240 Å². The zero-order valence-electron chi connectivity index (χ0n) is 82.5. The minimum Gasteiger partial charge on any atom is -0.507 e. The normalized spacial score (nSPS) is 18.3. The van der Waals surface area contributed by atoms with Crippen LogP contribution in [0, 0.1) is 59.2 Å². The minimum absolute atomic E-state index is 0.00648.